The number of rotatable bonds is 9. The lowest BCUT2D eigenvalue weighted by molar-refractivity contribution is -0.139. The highest BCUT2D eigenvalue weighted by Gasteiger charge is 2.41. The first-order chi connectivity index (χ1) is 16.9. The van der Waals surface area contributed by atoms with Gasteiger partial charge in [-0.05, 0) is 49.8 Å². The second kappa shape index (κ2) is 11.2. The number of hydrogen-bond donors (Lipinski definition) is 1. The first-order valence-electron chi connectivity index (χ1n) is 11.7. The number of aliphatic imine (C=N–C) groups is 1. The SMILES string of the molecule is CCOC(=O)C1=C(C)N=C2SC=C(CC(=O)NC[C@H]3CCCO3)N2[C@@H]1c1cc(OC)cc(OC)c1. The number of nitrogens with one attached hydrogen (secondary N) is 1. The highest BCUT2D eigenvalue weighted by Crippen LogP contribution is 2.46. The Bertz CT molecular complexity index is 1050. The Morgan fingerprint density at radius 1 is 1.23 bits per heavy atom. The van der Waals surface area contributed by atoms with Crippen LogP contribution >= 0.6 is 11.8 Å². The number of fused-ring (bicyclic) bond motifs is 1. The minimum absolute atomic E-state index is 0.0657. The Morgan fingerprint density at radius 3 is 2.60 bits per heavy atom. The number of amidine groups is 1. The number of allylic oxidation sites excluding steroid dienone is 1. The van der Waals surface area contributed by atoms with E-state index in [4.69, 9.17) is 18.9 Å². The highest BCUT2D eigenvalue weighted by atomic mass is 32.2. The number of amides is 1. The quantitative estimate of drug-likeness (QED) is 0.513. The van der Waals surface area contributed by atoms with E-state index in [0.29, 0.717) is 34.5 Å². The van der Waals surface area contributed by atoms with E-state index in [2.05, 4.69) is 10.3 Å². The Kier molecular flexibility index (Phi) is 8.02. The van der Waals surface area contributed by atoms with Crippen molar-refractivity contribution in [2.45, 2.75) is 45.3 Å². The zero-order valence-corrected chi connectivity index (χ0v) is 21.3. The summed E-state index contributed by atoms with van der Waals surface area (Å²) in [4.78, 5) is 32.5. The number of hydrogen-bond acceptors (Lipinski definition) is 9. The van der Waals surface area contributed by atoms with Gasteiger partial charge in [0.05, 0.1) is 50.7 Å². The number of nitrogens with zero attached hydrogens (tertiary/aromatic N) is 2. The molecule has 1 aromatic rings. The van der Waals surface area contributed by atoms with E-state index >= 15 is 0 Å². The van der Waals surface area contributed by atoms with Gasteiger partial charge >= 0.3 is 5.97 Å². The van der Waals surface area contributed by atoms with Crippen LogP contribution in [0.4, 0.5) is 0 Å². The third-order valence-corrected chi connectivity index (χ3v) is 6.97. The molecule has 188 valence electrons. The van der Waals surface area contributed by atoms with Gasteiger partial charge in [0, 0.05) is 24.9 Å². The number of carbonyl (C=O) groups excluding carboxylic acids is 2. The summed E-state index contributed by atoms with van der Waals surface area (Å²) in [6.45, 7) is 5.04. The molecule has 1 fully saturated rings. The molecule has 2 atom stereocenters. The summed E-state index contributed by atoms with van der Waals surface area (Å²) < 4.78 is 22.0. The molecule has 10 heteroatoms. The fraction of sp³-hybridized carbons (Fsp3) is 0.480. The molecular formula is C25H31N3O6S. The van der Waals surface area contributed by atoms with Crippen molar-refractivity contribution in [2.24, 2.45) is 4.99 Å². The van der Waals surface area contributed by atoms with Crippen LogP contribution in [0.5, 0.6) is 11.5 Å². The lowest BCUT2D eigenvalue weighted by Gasteiger charge is -2.36. The molecule has 1 saturated heterocycles. The molecule has 0 spiro atoms. The van der Waals surface area contributed by atoms with Gasteiger partial charge in [-0.2, -0.15) is 0 Å². The Labute approximate surface area is 209 Å². The van der Waals surface area contributed by atoms with Gasteiger partial charge in [-0.25, -0.2) is 9.79 Å². The van der Waals surface area contributed by atoms with Gasteiger partial charge in [-0.15, -0.1) is 0 Å². The van der Waals surface area contributed by atoms with Crippen LogP contribution in [-0.4, -0.2) is 62.0 Å². The van der Waals surface area contributed by atoms with Crippen LogP contribution < -0.4 is 14.8 Å². The van der Waals surface area contributed by atoms with Crippen molar-refractivity contribution in [2.75, 3.05) is 34.0 Å². The van der Waals surface area contributed by atoms with E-state index < -0.39 is 12.0 Å². The number of benzene rings is 1. The van der Waals surface area contributed by atoms with Crippen molar-refractivity contribution >= 4 is 28.8 Å². The van der Waals surface area contributed by atoms with E-state index in [0.717, 1.165) is 30.7 Å². The van der Waals surface area contributed by atoms with Gasteiger partial charge in [0.2, 0.25) is 5.91 Å². The summed E-state index contributed by atoms with van der Waals surface area (Å²) in [6.07, 6.45) is 2.18. The summed E-state index contributed by atoms with van der Waals surface area (Å²) in [5.74, 6) is 0.630. The Morgan fingerprint density at radius 2 is 1.97 bits per heavy atom. The predicted octanol–water partition coefficient (Wildman–Crippen LogP) is 3.53. The van der Waals surface area contributed by atoms with Crippen molar-refractivity contribution in [3.05, 3.63) is 46.1 Å². The maximum atomic E-state index is 13.1. The van der Waals surface area contributed by atoms with Gasteiger partial charge in [0.15, 0.2) is 5.17 Å². The van der Waals surface area contributed by atoms with Gasteiger partial charge < -0.3 is 29.2 Å². The van der Waals surface area contributed by atoms with E-state index in [1.54, 1.807) is 34.1 Å². The largest absolute Gasteiger partial charge is 0.497 e. The molecule has 0 saturated carbocycles. The molecule has 0 aliphatic carbocycles. The zero-order valence-electron chi connectivity index (χ0n) is 20.5. The fourth-order valence-electron chi connectivity index (χ4n) is 4.40. The third-order valence-electron chi connectivity index (χ3n) is 6.08. The molecule has 35 heavy (non-hydrogen) atoms. The van der Waals surface area contributed by atoms with Crippen LogP contribution in [0.25, 0.3) is 0 Å². The number of ether oxygens (including phenoxy) is 4. The van der Waals surface area contributed by atoms with Crippen molar-refractivity contribution in [1.82, 2.24) is 10.2 Å². The molecule has 9 nitrogen and oxygen atoms in total. The molecule has 3 aliphatic rings. The minimum atomic E-state index is -0.558. The Hall–Kier alpha value is -2.98. The number of carbonyl (C=O) groups is 2. The topological polar surface area (TPSA) is 98.7 Å². The summed E-state index contributed by atoms with van der Waals surface area (Å²) >= 11 is 1.43. The summed E-state index contributed by atoms with van der Waals surface area (Å²) in [5, 5.41) is 5.59. The minimum Gasteiger partial charge on any atom is -0.497 e. The summed E-state index contributed by atoms with van der Waals surface area (Å²) in [5.41, 5.74) is 2.51. The van der Waals surface area contributed by atoms with Crippen LogP contribution in [0.2, 0.25) is 0 Å². The van der Waals surface area contributed by atoms with Gasteiger partial charge in [-0.3, -0.25) is 4.79 Å². The van der Waals surface area contributed by atoms with Crippen molar-refractivity contribution < 1.29 is 28.5 Å². The van der Waals surface area contributed by atoms with E-state index in [-0.39, 0.29) is 25.0 Å². The predicted molar refractivity (Wildman–Crippen MR) is 133 cm³/mol. The molecular weight excluding hydrogens is 470 g/mol. The zero-order chi connectivity index (χ0) is 24.9. The Balaban J connectivity index is 1.66. The van der Waals surface area contributed by atoms with Crippen LogP contribution in [0, 0.1) is 0 Å². The van der Waals surface area contributed by atoms with E-state index in [1.807, 2.05) is 22.4 Å². The maximum Gasteiger partial charge on any atom is 0.338 e. The lowest BCUT2D eigenvalue weighted by Crippen LogP contribution is -2.38. The molecule has 0 aromatic heterocycles. The molecule has 3 aliphatic heterocycles. The molecule has 0 bridgehead atoms. The van der Waals surface area contributed by atoms with Gasteiger partial charge in [0.1, 0.15) is 11.5 Å². The van der Waals surface area contributed by atoms with Crippen molar-refractivity contribution in [3.8, 4) is 11.5 Å². The summed E-state index contributed by atoms with van der Waals surface area (Å²) in [6, 6.07) is 4.94. The van der Waals surface area contributed by atoms with E-state index in [9.17, 15) is 9.59 Å². The highest BCUT2D eigenvalue weighted by molar-refractivity contribution is 8.16. The fourth-order valence-corrected chi connectivity index (χ4v) is 5.37. The lowest BCUT2D eigenvalue weighted by atomic mass is 9.93. The average molecular weight is 502 g/mol. The van der Waals surface area contributed by atoms with Crippen LogP contribution in [0.15, 0.2) is 45.6 Å². The van der Waals surface area contributed by atoms with Crippen molar-refractivity contribution in [1.29, 1.82) is 0 Å². The van der Waals surface area contributed by atoms with Gasteiger partial charge in [-0.1, -0.05) is 11.8 Å². The first-order valence-corrected chi connectivity index (χ1v) is 12.6. The smallest absolute Gasteiger partial charge is 0.338 e. The second-order valence-electron chi connectivity index (χ2n) is 8.38. The standard InChI is InChI=1S/C25H31N3O6S/c1-5-33-24(30)22-15(2)27-25-28(23(22)16-9-19(31-3)12-20(10-16)32-4)17(14-35-25)11-21(29)26-13-18-7-6-8-34-18/h9-10,12,14,18,23H,5-8,11,13H2,1-4H3,(H,26,29)/t18-,23-/m1/s1. The molecule has 0 unspecified atom stereocenters. The van der Waals surface area contributed by atoms with Gasteiger partial charge in [0.25, 0.3) is 0 Å². The molecule has 4 rings (SSSR count). The van der Waals surface area contributed by atoms with Crippen molar-refractivity contribution in [3.63, 3.8) is 0 Å². The molecule has 1 amide bonds. The maximum absolute atomic E-state index is 13.1. The summed E-state index contributed by atoms with van der Waals surface area (Å²) in [7, 11) is 3.16. The number of methoxy groups -OCH3 is 2. The monoisotopic (exact) mass is 501 g/mol. The second-order valence-corrected chi connectivity index (χ2v) is 9.21. The molecule has 3 heterocycles. The average Bonchev–Trinajstić information content (AvgIpc) is 3.51. The number of thioether (sulfide) groups is 1. The van der Waals surface area contributed by atoms with Crippen LogP contribution in [0.3, 0.4) is 0 Å². The normalized spacial score (nSPS) is 21.3. The van der Waals surface area contributed by atoms with Crippen LogP contribution in [-0.2, 0) is 19.1 Å². The number of esters is 1. The first kappa shape index (κ1) is 25.1. The molecule has 1 N–H and O–H groups in total. The molecule has 1 aromatic carbocycles. The van der Waals surface area contributed by atoms with Crippen LogP contribution in [0.1, 0.15) is 44.7 Å². The van der Waals surface area contributed by atoms with E-state index in [1.165, 1.54) is 11.8 Å². The molecule has 0 radical (unpaired) electrons. The third kappa shape index (κ3) is 5.48.